The Kier molecular flexibility index (Phi) is 6.80. The van der Waals surface area contributed by atoms with Gasteiger partial charge in [-0.25, -0.2) is 9.78 Å². The number of nitrogens with two attached hydrogens (primary N) is 1. The van der Waals surface area contributed by atoms with E-state index in [0.29, 0.717) is 11.4 Å². The van der Waals surface area contributed by atoms with Gasteiger partial charge in [0.05, 0.1) is 5.56 Å². The SMILES string of the molecule is CC(C)(C)OC(=O)c1ccc(N)nc1.CCBr. The molecule has 0 atom stereocenters. The van der Waals surface area contributed by atoms with Crippen LogP contribution in [0.5, 0.6) is 0 Å². The van der Waals surface area contributed by atoms with Gasteiger partial charge in [-0.05, 0) is 32.9 Å². The zero-order valence-electron chi connectivity index (χ0n) is 10.7. The smallest absolute Gasteiger partial charge is 0.340 e. The molecule has 0 amide bonds. The van der Waals surface area contributed by atoms with Gasteiger partial charge in [0.25, 0.3) is 0 Å². The third kappa shape index (κ3) is 7.74. The molecule has 0 aliphatic carbocycles. The molecule has 5 heteroatoms. The van der Waals surface area contributed by atoms with E-state index in [1.165, 1.54) is 6.20 Å². The molecule has 0 fully saturated rings. The van der Waals surface area contributed by atoms with E-state index in [0.717, 1.165) is 5.33 Å². The number of esters is 1. The summed E-state index contributed by atoms with van der Waals surface area (Å²) in [7, 11) is 0. The van der Waals surface area contributed by atoms with Crippen molar-refractivity contribution >= 4 is 27.7 Å². The number of pyridine rings is 1. The molecule has 0 aromatic carbocycles. The average molecular weight is 303 g/mol. The largest absolute Gasteiger partial charge is 0.456 e. The number of carbonyl (C=O) groups is 1. The lowest BCUT2D eigenvalue weighted by molar-refractivity contribution is 0.00692. The van der Waals surface area contributed by atoms with Crippen LogP contribution in [0.1, 0.15) is 38.1 Å². The number of ether oxygens (including phenoxy) is 1. The van der Waals surface area contributed by atoms with Crippen LogP contribution in [0.25, 0.3) is 0 Å². The van der Waals surface area contributed by atoms with Crippen LogP contribution in [0.3, 0.4) is 0 Å². The molecule has 96 valence electrons. The first kappa shape index (κ1) is 15.9. The van der Waals surface area contributed by atoms with Crippen LogP contribution >= 0.6 is 15.9 Å². The van der Waals surface area contributed by atoms with Crippen molar-refractivity contribution in [1.29, 1.82) is 0 Å². The number of aromatic nitrogens is 1. The summed E-state index contributed by atoms with van der Waals surface area (Å²) in [5.74, 6) is 0.00214. The summed E-state index contributed by atoms with van der Waals surface area (Å²) in [6.07, 6.45) is 1.41. The molecule has 1 heterocycles. The number of anilines is 1. The van der Waals surface area contributed by atoms with Crippen molar-refractivity contribution in [2.45, 2.75) is 33.3 Å². The molecule has 0 radical (unpaired) electrons. The minimum Gasteiger partial charge on any atom is -0.456 e. The molecule has 17 heavy (non-hydrogen) atoms. The highest BCUT2D eigenvalue weighted by Gasteiger charge is 2.17. The third-order valence-electron chi connectivity index (χ3n) is 1.42. The highest BCUT2D eigenvalue weighted by molar-refractivity contribution is 9.09. The van der Waals surface area contributed by atoms with Gasteiger partial charge in [0.1, 0.15) is 11.4 Å². The fourth-order valence-corrected chi connectivity index (χ4v) is 0.863. The summed E-state index contributed by atoms with van der Waals surface area (Å²) in [6.45, 7) is 7.49. The van der Waals surface area contributed by atoms with Gasteiger partial charge in [-0.15, -0.1) is 0 Å². The van der Waals surface area contributed by atoms with Crippen molar-refractivity contribution in [2.24, 2.45) is 0 Å². The number of alkyl halides is 1. The third-order valence-corrected chi connectivity index (χ3v) is 1.42. The lowest BCUT2D eigenvalue weighted by Gasteiger charge is -2.19. The van der Waals surface area contributed by atoms with Crippen molar-refractivity contribution in [1.82, 2.24) is 4.98 Å². The number of nitrogen functional groups attached to an aromatic ring is 1. The first-order valence-corrected chi connectivity index (χ1v) is 6.43. The standard InChI is InChI=1S/C10H14N2O2.C2H5Br/c1-10(2,3)14-9(13)7-4-5-8(11)12-6-7;1-2-3/h4-6H,1-3H3,(H2,11,12);2H2,1H3. The molecule has 1 aromatic heterocycles. The number of hydrogen-bond acceptors (Lipinski definition) is 4. The van der Waals surface area contributed by atoms with Gasteiger partial charge in [0, 0.05) is 11.5 Å². The van der Waals surface area contributed by atoms with E-state index in [4.69, 9.17) is 10.5 Å². The van der Waals surface area contributed by atoms with Crippen molar-refractivity contribution in [3.8, 4) is 0 Å². The van der Waals surface area contributed by atoms with Crippen molar-refractivity contribution in [2.75, 3.05) is 11.1 Å². The van der Waals surface area contributed by atoms with Gasteiger partial charge in [0.15, 0.2) is 0 Å². The Morgan fingerprint density at radius 3 is 2.35 bits per heavy atom. The highest BCUT2D eigenvalue weighted by Crippen LogP contribution is 2.11. The van der Waals surface area contributed by atoms with Crippen LogP contribution in [0, 0.1) is 0 Å². The minimum absolute atomic E-state index is 0.384. The Bertz CT molecular complexity index is 345. The maximum absolute atomic E-state index is 11.5. The molecule has 1 rings (SSSR count). The van der Waals surface area contributed by atoms with E-state index in [2.05, 4.69) is 20.9 Å². The summed E-state index contributed by atoms with van der Waals surface area (Å²) < 4.78 is 5.14. The first-order chi connectivity index (χ1) is 7.80. The van der Waals surface area contributed by atoms with Gasteiger partial charge in [-0.2, -0.15) is 0 Å². The summed E-state index contributed by atoms with van der Waals surface area (Å²) in [4.78, 5) is 15.3. The van der Waals surface area contributed by atoms with Crippen molar-refractivity contribution < 1.29 is 9.53 Å². The summed E-state index contributed by atoms with van der Waals surface area (Å²) in [6, 6.07) is 3.16. The zero-order valence-corrected chi connectivity index (χ0v) is 12.2. The van der Waals surface area contributed by atoms with E-state index in [-0.39, 0.29) is 5.97 Å². The lowest BCUT2D eigenvalue weighted by atomic mass is 10.2. The molecule has 0 aliphatic rings. The van der Waals surface area contributed by atoms with E-state index in [1.54, 1.807) is 12.1 Å². The second kappa shape index (κ2) is 7.27. The van der Waals surface area contributed by atoms with Gasteiger partial charge in [-0.1, -0.05) is 22.9 Å². The second-order valence-electron chi connectivity index (χ2n) is 4.24. The Morgan fingerprint density at radius 2 is 2.00 bits per heavy atom. The maximum atomic E-state index is 11.5. The van der Waals surface area contributed by atoms with E-state index < -0.39 is 5.60 Å². The van der Waals surface area contributed by atoms with Crippen LogP contribution in [-0.4, -0.2) is 21.9 Å². The number of hydrogen-bond donors (Lipinski definition) is 1. The Labute approximate surface area is 111 Å². The highest BCUT2D eigenvalue weighted by atomic mass is 79.9. The number of halogens is 1. The van der Waals surface area contributed by atoms with Crippen LogP contribution in [0.4, 0.5) is 5.82 Å². The van der Waals surface area contributed by atoms with Gasteiger partial charge in [0.2, 0.25) is 0 Å². The van der Waals surface area contributed by atoms with Crippen LogP contribution in [0.15, 0.2) is 18.3 Å². The quantitative estimate of drug-likeness (QED) is 0.640. The molecular formula is C12H19BrN2O2. The number of rotatable bonds is 1. The molecule has 0 unspecified atom stereocenters. The normalized spacial score (nSPS) is 10.2. The van der Waals surface area contributed by atoms with E-state index >= 15 is 0 Å². The summed E-state index contributed by atoms with van der Waals surface area (Å²) in [5.41, 5.74) is 5.31. The molecule has 0 saturated carbocycles. The molecular weight excluding hydrogens is 284 g/mol. The minimum atomic E-state index is -0.488. The first-order valence-electron chi connectivity index (χ1n) is 5.31. The Morgan fingerprint density at radius 1 is 1.47 bits per heavy atom. The predicted octanol–water partition coefficient (Wildman–Crippen LogP) is 3.02. The molecule has 0 bridgehead atoms. The molecule has 0 aliphatic heterocycles. The fraction of sp³-hybridized carbons (Fsp3) is 0.500. The average Bonchev–Trinajstić information content (AvgIpc) is 2.17. The van der Waals surface area contributed by atoms with Gasteiger partial charge < -0.3 is 10.5 Å². The summed E-state index contributed by atoms with van der Waals surface area (Å²) in [5, 5.41) is 1.06. The topological polar surface area (TPSA) is 65.2 Å². The van der Waals surface area contributed by atoms with Crippen LogP contribution < -0.4 is 5.73 Å². The molecule has 0 spiro atoms. The predicted molar refractivity (Wildman–Crippen MR) is 73.3 cm³/mol. The monoisotopic (exact) mass is 302 g/mol. The van der Waals surface area contributed by atoms with E-state index in [9.17, 15) is 4.79 Å². The number of carbonyl (C=O) groups excluding carboxylic acids is 1. The van der Waals surface area contributed by atoms with Crippen LogP contribution in [0.2, 0.25) is 0 Å². The summed E-state index contributed by atoms with van der Waals surface area (Å²) >= 11 is 3.15. The maximum Gasteiger partial charge on any atom is 0.340 e. The molecule has 4 nitrogen and oxygen atoms in total. The fourth-order valence-electron chi connectivity index (χ4n) is 0.863. The molecule has 0 saturated heterocycles. The Hall–Kier alpha value is -1.10. The molecule has 2 N–H and O–H groups in total. The Balaban J connectivity index is 0.000000770. The van der Waals surface area contributed by atoms with Crippen molar-refractivity contribution in [3.05, 3.63) is 23.9 Å². The van der Waals surface area contributed by atoms with E-state index in [1.807, 2.05) is 27.7 Å². The van der Waals surface area contributed by atoms with Gasteiger partial charge >= 0.3 is 5.97 Å². The van der Waals surface area contributed by atoms with Crippen LogP contribution in [-0.2, 0) is 4.74 Å². The zero-order chi connectivity index (χ0) is 13.5. The molecule has 1 aromatic rings. The lowest BCUT2D eigenvalue weighted by Crippen LogP contribution is -2.23. The number of nitrogens with zero attached hydrogens (tertiary/aromatic N) is 1. The van der Waals surface area contributed by atoms with Crippen molar-refractivity contribution in [3.63, 3.8) is 0 Å². The second-order valence-corrected chi connectivity index (χ2v) is 5.36. The van der Waals surface area contributed by atoms with Gasteiger partial charge in [-0.3, -0.25) is 0 Å².